The van der Waals surface area contributed by atoms with Crippen LogP contribution in [-0.4, -0.2) is 24.3 Å². The summed E-state index contributed by atoms with van der Waals surface area (Å²) in [6, 6.07) is 15.4. The van der Waals surface area contributed by atoms with Crippen molar-refractivity contribution in [1.82, 2.24) is 9.97 Å². The number of anilines is 2. The van der Waals surface area contributed by atoms with Gasteiger partial charge in [0, 0.05) is 23.2 Å². The molecule has 1 aromatic heterocycles. The summed E-state index contributed by atoms with van der Waals surface area (Å²) in [6.07, 6.45) is 3.13. The van der Waals surface area contributed by atoms with Gasteiger partial charge in [-0.1, -0.05) is 29.8 Å². The smallest absolute Gasteiger partial charge is 0.264 e. The minimum Gasteiger partial charge on any atom is -0.323 e. The number of carbonyl (C=O) groups is 1. The van der Waals surface area contributed by atoms with Gasteiger partial charge in [-0.25, -0.2) is 23.1 Å². The van der Waals surface area contributed by atoms with Gasteiger partial charge in [-0.2, -0.15) is 0 Å². The lowest BCUT2D eigenvalue weighted by atomic mass is 10.1. The van der Waals surface area contributed by atoms with E-state index in [1.165, 1.54) is 30.3 Å². The highest BCUT2D eigenvalue weighted by molar-refractivity contribution is 7.92. The maximum absolute atomic E-state index is 12.6. The zero-order chi connectivity index (χ0) is 21.7. The summed E-state index contributed by atoms with van der Waals surface area (Å²) in [4.78, 5) is 20.3. The van der Waals surface area contributed by atoms with E-state index in [9.17, 15) is 13.2 Å². The molecule has 7 nitrogen and oxygen atoms in total. The van der Waals surface area contributed by atoms with Crippen molar-refractivity contribution in [1.29, 1.82) is 0 Å². The van der Waals surface area contributed by atoms with Crippen LogP contribution in [0, 0.1) is 20.8 Å². The maximum Gasteiger partial charge on any atom is 0.264 e. The Labute approximate surface area is 176 Å². The van der Waals surface area contributed by atoms with E-state index in [0.29, 0.717) is 17.1 Å². The van der Waals surface area contributed by atoms with Crippen LogP contribution in [0.25, 0.3) is 6.08 Å². The van der Waals surface area contributed by atoms with Crippen molar-refractivity contribution in [3.63, 3.8) is 0 Å². The Hall–Kier alpha value is -3.52. The van der Waals surface area contributed by atoms with Crippen molar-refractivity contribution in [2.45, 2.75) is 25.7 Å². The number of carbonyl (C=O) groups excluding carboxylic acids is 1. The molecule has 0 spiro atoms. The SMILES string of the molecule is Cc1ccc(C=CC(=O)Nc2ccc(S(=O)(=O)Nc3nc(C)cc(C)n3)cc2)cc1. The van der Waals surface area contributed by atoms with E-state index in [1.54, 1.807) is 26.0 Å². The third-order valence-electron chi connectivity index (χ3n) is 4.14. The van der Waals surface area contributed by atoms with Crippen LogP contribution >= 0.6 is 0 Å². The molecule has 8 heteroatoms. The van der Waals surface area contributed by atoms with Gasteiger partial charge in [0.15, 0.2) is 0 Å². The molecule has 0 fully saturated rings. The van der Waals surface area contributed by atoms with Crippen LogP contribution in [0.5, 0.6) is 0 Å². The summed E-state index contributed by atoms with van der Waals surface area (Å²) in [5.74, 6) is -0.293. The molecule has 30 heavy (non-hydrogen) atoms. The van der Waals surface area contributed by atoms with Gasteiger partial charge in [0.2, 0.25) is 11.9 Å². The van der Waals surface area contributed by atoms with Gasteiger partial charge in [-0.3, -0.25) is 4.79 Å². The normalized spacial score (nSPS) is 11.4. The molecule has 0 saturated carbocycles. The monoisotopic (exact) mass is 422 g/mol. The first-order valence-electron chi connectivity index (χ1n) is 9.22. The molecule has 1 heterocycles. The molecule has 0 atom stereocenters. The molecule has 2 aromatic carbocycles. The second kappa shape index (κ2) is 8.87. The molecule has 0 radical (unpaired) electrons. The van der Waals surface area contributed by atoms with Crippen LogP contribution in [0.1, 0.15) is 22.5 Å². The molecule has 1 amide bonds. The van der Waals surface area contributed by atoms with Crippen molar-refractivity contribution in [2.24, 2.45) is 0 Å². The number of aromatic nitrogens is 2. The van der Waals surface area contributed by atoms with Crippen molar-refractivity contribution in [3.05, 3.63) is 83.2 Å². The fraction of sp³-hybridized carbons (Fsp3) is 0.136. The van der Waals surface area contributed by atoms with Crippen molar-refractivity contribution in [2.75, 3.05) is 10.0 Å². The molecular weight excluding hydrogens is 400 g/mol. The highest BCUT2D eigenvalue weighted by Crippen LogP contribution is 2.17. The summed E-state index contributed by atoms with van der Waals surface area (Å²) in [5.41, 5.74) is 3.87. The Balaban J connectivity index is 1.66. The van der Waals surface area contributed by atoms with E-state index < -0.39 is 10.0 Å². The molecular formula is C22H22N4O3S. The number of nitrogens with zero attached hydrogens (tertiary/aromatic N) is 2. The number of aryl methyl sites for hydroxylation is 3. The second-order valence-electron chi connectivity index (χ2n) is 6.84. The van der Waals surface area contributed by atoms with Gasteiger partial charge in [0.1, 0.15) is 0 Å². The molecule has 0 aliphatic carbocycles. The van der Waals surface area contributed by atoms with Crippen LogP contribution in [0.15, 0.2) is 65.6 Å². The van der Waals surface area contributed by atoms with Crippen LogP contribution in [0.2, 0.25) is 0 Å². The Kier molecular flexibility index (Phi) is 6.27. The standard InChI is InChI=1S/C22H22N4O3S/c1-15-4-6-18(7-5-15)8-13-21(27)25-19-9-11-20(12-10-19)30(28,29)26-22-23-16(2)14-17(3)24-22/h4-14H,1-3H3,(H,25,27)(H,23,24,26). The van der Waals surface area contributed by atoms with Crippen molar-refractivity contribution < 1.29 is 13.2 Å². The summed E-state index contributed by atoms with van der Waals surface area (Å²) < 4.78 is 27.5. The molecule has 2 N–H and O–H groups in total. The molecule has 0 unspecified atom stereocenters. The molecule has 0 aliphatic heterocycles. The number of amides is 1. The summed E-state index contributed by atoms with van der Waals surface area (Å²) in [5, 5.41) is 2.70. The highest BCUT2D eigenvalue weighted by Gasteiger charge is 2.16. The maximum atomic E-state index is 12.6. The molecule has 0 bridgehead atoms. The first kappa shape index (κ1) is 21.2. The summed E-state index contributed by atoms with van der Waals surface area (Å²) in [6.45, 7) is 5.52. The Morgan fingerprint density at radius 1 is 0.900 bits per heavy atom. The number of rotatable bonds is 6. The van der Waals surface area contributed by atoms with Gasteiger partial charge in [-0.05, 0) is 62.7 Å². The summed E-state index contributed by atoms with van der Waals surface area (Å²) in [7, 11) is -3.84. The molecule has 3 aromatic rings. The molecule has 0 saturated heterocycles. The van der Waals surface area contributed by atoms with Crippen LogP contribution in [0.3, 0.4) is 0 Å². The van der Waals surface area contributed by atoms with E-state index >= 15 is 0 Å². The number of benzene rings is 2. The fourth-order valence-corrected chi connectivity index (χ4v) is 3.65. The zero-order valence-electron chi connectivity index (χ0n) is 16.9. The predicted molar refractivity (Wildman–Crippen MR) is 118 cm³/mol. The van der Waals surface area contributed by atoms with E-state index in [0.717, 1.165) is 11.1 Å². The predicted octanol–water partition coefficient (Wildman–Crippen LogP) is 3.85. The Bertz CT molecular complexity index is 1170. The minimum atomic E-state index is -3.84. The van der Waals surface area contributed by atoms with Gasteiger partial charge >= 0.3 is 0 Å². The average molecular weight is 423 g/mol. The topological polar surface area (TPSA) is 101 Å². The summed E-state index contributed by atoms with van der Waals surface area (Å²) >= 11 is 0. The van der Waals surface area contributed by atoms with E-state index in [4.69, 9.17) is 0 Å². The van der Waals surface area contributed by atoms with Gasteiger partial charge in [0.05, 0.1) is 4.90 Å². The average Bonchev–Trinajstić information content (AvgIpc) is 2.67. The quantitative estimate of drug-likeness (QED) is 0.588. The van der Waals surface area contributed by atoms with E-state index in [-0.39, 0.29) is 16.8 Å². The lowest BCUT2D eigenvalue weighted by Crippen LogP contribution is -2.16. The van der Waals surface area contributed by atoms with Gasteiger partial charge < -0.3 is 5.32 Å². The van der Waals surface area contributed by atoms with E-state index in [1.807, 2.05) is 31.2 Å². The van der Waals surface area contributed by atoms with Crippen molar-refractivity contribution >= 4 is 33.6 Å². The number of nitrogens with one attached hydrogen (secondary N) is 2. The molecule has 3 rings (SSSR count). The third kappa shape index (κ3) is 5.74. The molecule has 0 aliphatic rings. The van der Waals surface area contributed by atoms with Gasteiger partial charge in [-0.15, -0.1) is 0 Å². The Morgan fingerprint density at radius 3 is 2.10 bits per heavy atom. The van der Waals surface area contributed by atoms with Crippen LogP contribution in [-0.2, 0) is 14.8 Å². The number of hydrogen-bond donors (Lipinski definition) is 2. The fourth-order valence-electron chi connectivity index (χ4n) is 2.70. The van der Waals surface area contributed by atoms with Crippen molar-refractivity contribution in [3.8, 4) is 0 Å². The lowest BCUT2D eigenvalue weighted by Gasteiger charge is -2.09. The highest BCUT2D eigenvalue weighted by atomic mass is 32.2. The minimum absolute atomic E-state index is 0.0196. The first-order valence-corrected chi connectivity index (χ1v) is 10.7. The largest absolute Gasteiger partial charge is 0.323 e. The second-order valence-corrected chi connectivity index (χ2v) is 8.52. The van der Waals surface area contributed by atoms with Crippen LogP contribution < -0.4 is 10.0 Å². The Morgan fingerprint density at radius 2 is 1.50 bits per heavy atom. The van der Waals surface area contributed by atoms with E-state index in [2.05, 4.69) is 20.0 Å². The van der Waals surface area contributed by atoms with Gasteiger partial charge in [0.25, 0.3) is 10.0 Å². The lowest BCUT2D eigenvalue weighted by molar-refractivity contribution is -0.111. The van der Waals surface area contributed by atoms with Crippen LogP contribution in [0.4, 0.5) is 11.6 Å². The first-order chi connectivity index (χ1) is 14.2. The zero-order valence-corrected chi connectivity index (χ0v) is 17.7. The third-order valence-corrected chi connectivity index (χ3v) is 5.49. The number of sulfonamides is 1. The number of hydrogen-bond acceptors (Lipinski definition) is 5. The molecule has 154 valence electrons.